The number of ether oxygens (including phenoxy) is 1. The number of carbonyl (C=O) groups excluding carboxylic acids is 1. The fraction of sp³-hybridized carbons (Fsp3) is 0.273. The van der Waals surface area contributed by atoms with Crippen molar-refractivity contribution < 1.29 is 9.53 Å². The summed E-state index contributed by atoms with van der Waals surface area (Å²) in [5.74, 6) is 0.607. The Balaban J connectivity index is 1.65. The smallest absolute Gasteiger partial charge is 0.254 e. The monoisotopic (exact) mass is 379 g/mol. The SMILES string of the molecule is COc1cccc(Cn2cccc(CCC(=O)NC3=C(N)CCC=C3)c2=O)c1. The van der Waals surface area contributed by atoms with E-state index in [1.165, 1.54) is 0 Å². The summed E-state index contributed by atoms with van der Waals surface area (Å²) in [6.07, 6.45) is 7.82. The number of carbonyl (C=O) groups is 1. The zero-order valence-corrected chi connectivity index (χ0v) is 16.0. The molecule has 0 unspecified atom stereocenters. The fourth-order valence-corrected chi connectivity index (χ4v) is 3.13. The van der Waals surface area contributed by atoms with Crippen molar-refractivity contribution in [1.82, 2.24) is 9.88 Å². The van der Waals surface area contributed by atoms with Gasteiger partial charge in [-0.2, -0.15) is 0 Å². The lowest BCUT2D eigenvalue weighted by Gasteiger charge is -2.13. The molecule has 0 saturated carbocycles. The molecule has 0 fully saturated rings. The summed E-state index contributed by atoms with van der Waals surface area (Å²) in [4.78, 5) is 25.0. The van der Waals surface area contributed by atoms with Crippen LogP contribution >= 0.6 is 0 Å². The van der Waals surface area contributed by atoms with Gasteiger partial charge < -0.3 is 20.4 Å². The van der Waals surface area contributed by atoms with Gasteiger partial charge in [-0.05, 0) is 49.1 Å². The first-order valence-electron chi connectivity index (χ1n) is 9.33. The maximum Gasteiger partial charge on any atom is 0.254 e. The van der Waals surface area contributed by atoms with Gasteiger partial charge in [0.2, 0.25) is 5.91 Å². The summed E-state index contributed by atoms with van der Waals surface area (Å²) in [6.45, 7) is 0.449. The van der Waals surface area contributed by atoms with Crippen LogP contribution in [-0.2, 0) is 17.8 Å². The highest BCUT2D eigenvalue weighted by molar-refractivity contribution is 5.78. The van der Waals surface area contributed by atoms with Gasteiger partial charge in [0.25, 0.3) is 5.56 Å². The van der Waals surface area contributed by atoms with Gasteiger partial charge >= 0.3 is 0 Å². The zero-order chi connectivity index (χ0) is 19.9. The van der Waals surface area contributed by atoms with Crippen molar-refractivity contribution >= 4 is 5.91 Å². The highest BCUT2D eigenvalue weighted by Crippen LogP contribution is 2.14. The van der Waals surface area contributed by atoms with E-state index in [0.29, 0.717) is 29.9 Å². The van der Waals surface area contributed by atoms with E-state index in [9.17, 15) is 9.59 Å². The molecule has 1 aromatic carbocycles. The molecular weight excluding hydrogens is 354 g/mol. The first-order chi connectivity index (χ1) is 13.6. The van der Waals surface area contributed by atoms with Crippen LogP contribution in [0.1, 0.15) is 30.4 Å². The van der Waals surface area contributed by atoms with Crippen molar-refractivity contribution in [3.8, 4) is 5.75 Å². The number of nitrogens with two attached hydrogens (primary N) is 1. The molecule has 2 aromatic rings. The molecule has 146 valence electrons. The number of hydrogen-bond acceptors (Lipinski definition) is 4. The minimum atomic E-state index is -0.146. The second-order valence-electron chi connectivity index (χ2n) is 6.75. The highest BCUT2D eigenvalue weighted by atomic mass is 16.5. The topological polar surface area (TPSA) is 86.3 Å². The maximum atomic E-state index is 12.7. The number of aryl methyl sites for hydroxylation is 1. The molecule has 1 aliphatic rings. The lowest BCUT2D eigenvalue weighted by molar-refractivity contribution is -0.120. The lowest BCUT2D eigenvalue weighted by atomic mass is 10.1. The van der Waals surface area contributed by atoms with E-state index >= 15 is 0 Å². The van der Waals surface area contributed by atoms with E-state index < -0.39 is 0 Å². The van der Waals surface area contributed by atoms with Gasteiger partial charge in [-0.3, -0.25) is 9.59 Å². The molecule has 6 nitrogen and oxygen atoms in total. The number of rotatable bonds is 7. The third-order valence-electron chi connectivity index (χ3n) is 4.69. The molecule has 0 radical (unpaired) electrons. The van der Waals surface area contributed by atoms with Crippen LogP contribution in [0.4, 0.5) is 0 Å². The van der Waals surface area contributed by atoms with Crippen molar-refractivity contribution in [1.29, 1.82) is 0 Å². The summed E-state index contributed by atoms with van der Waals surface area (Å²) in [6, 6.07) is 11.2. The van der Waals surface area contributed by atoms with E-state index in [-0.39, 0.29) is 17.9 Å². The van der Waals surface area contributed by atoms with E-state index in [1.54, 1.807) is 23.9 Å². The van der Waals surface area contributed by atoms with Crippen LogP contribution in [0.3, 0.4) is 0 Å². The van der Waals surface area contributed by atoms with Gasteiger partial charge in [-0.1, -0.05) is 24.3 Å². The number of benzene rings is 1. The number of methoxy groups -OCH3 is 1. The van der Waals surface area contributed by atoms with E-state index in [2.05, 4.69) is 5.32 Å². The molecule has 0 atom stereocenters. The molecule has 0 spiro atoms. The molecule has 0 aliphatic heterocycles. The predicted octanol–water partition coefficient (Wildman–Crippen LogP) is 2.47. The normalized spacial score (nSPS) is 13.5. The summed E-state index contributed by atoms with van der Waals surface area (Å²) in [5, 5.41) is 2.83. The molecule has 1 amide bonds. The predicted molar refractivity (Wildman–Crippen MR) is 109 cm³/mol. The largest absolute Gasteiger partial charge is 0.497 e. The molecule has 6 heteroatoms. The second kappa shape index (κ2) is 9.08. The van der Waals surface area contributed by atoms with Gasteiger partial charge in [-0.25, -0.2) is 0 Å². The van der Waals surface area contributed by atoms with E-state index in [0.717, 1.165) is 24.2 Å². The van der Waals surface area contributed by atoms with Gasteiger partial charge in [-0.15, -0.1) is 0 Å². The van der Waals surface area contributed by atoms with Gasteiger partial charge in [0.05, 0.1) is 19.4 Å². The van der Waals surface area contributed by atoms with Crippen LogP contribution in [0.5, 0.6) is 5.75 Å². The number of nitrogens with zero attached hydrogens (tertiary/aromatic N) is 1. The Labute approximate surface area is 164 Å². The number of hydrogen-bond donors (Lipinski definition) is 2. The number of pyridine rings is 1. The standard InChI is InChI=1S/C22H25N3O3/c1-28-18-8-4-6-16(14-18)15-25-13-5-7-17(22(25)27)11-12-21(26)24-20-10-3-2-9-19(20)23/h3-8,10,13-14H,2,9,11-12,15,23H2,1H3,(H,24,26). The number of amides is 1. The van der Waals surface area contributed by atoms with Crippen LogP contribution in [0.25, 0.3) is 0 Å². The van der Waals surface area contributed by atoms with Crippen LogP contribution in [0.2, 0.25) is 0 Å². The maximum absolute atomic E-state index is 12.7. The van der Waals surface area contributed by atoms with Crippen LogP contribution in [0.15, 0.2) is 70.9 Å². The fourth-order valence-electron chi connectivity index (χ4n) is 3.13. The Morgan fingerprint density at radius 1 is 1.29 bits per heavy atom. The molecule has 28 heavy (non-hydrogen) atoms. The van der Waals surface area contributed by atoms with Gasteiger partial charge in [0.15, 0.2) is 0 Å². The molecule has 1 heterocycles. The average Bonchev–Trinajstić information content (AvgIpc) is 2.70. The van der Waals surface area contributed by atoms with Crippen LogP contribution in [-0.4, -0.2) is 17.6 Å². The third-order valence-corrected chi connectivity index (χ3v) is 4.69. The van der Waals surface area contributed by atoms with Crippen LogP contribution in [0, 0.1) is 0 Å². The van der Waals surface area contributed by atoms with Crippen molar-refractivity contribution in [2.75, 3.05) is 7.11 Å². The minimum absolute atomic E-state index is 0.0885. The Bertz CT molecular complexity index is 973. The quantitative estimate of drug-likeness (QED) is 0.774. The van der Waals surface area contributed by atoms with Crippen molar-refractivity contribution in [3.05, 3.63) is 87.6 Å². The first kappa shape index (κ1) is 19.5. The number of aromatic nitrogens is 1. The van der Waals surface area contributed by atoms with Gasteiger partial charge in [0, 0.05) is 23.9 Å². The Morgan fingerprint density at radius 3 is 2.93 bits per heavy atom. The molecule has 0 saturated heterocycles. The minimum Gasteiger partial charge on any atom is -0.497 e. The average molecular weight is 379 g/mol. The highest BCUT2D eigenvalue weighted by Gasteiger charge is 2.11. The van der Waals surface area contributed by atoms with Crippen molar-refractivity contribution in [2.45, 2.75) is 32.2 Å². The Hall–Kier alpha value is -3.28. The molecule has 3 N–H and O–H groups in total. The first-order valence-corrected chi connectivity index (χ1v) is 9.33. The van der Waals surface area contributed by atoms with E-state index in [4.69, 9.17) is 10.5 Å². The number of nitrogens with one attached hydrogen (secondary N) is 1. The Morgan fingerprint density at radius 2 is 2.14 bits per heavy atom. The Kier molecular flexibility index (Phi) is 6.32. The van der Waals surface area contributed by atoms with Crippen molar-refractivity contribution in [2.24, 2.45) is 5.73 Å². The molecule has 1 aromatic heterocycles. The lowest BCUT2D eigenvalue weighted by Crippen LogP contribution is -2.28. The third kappa shape index (κ3) is 4.91. The molecular formula is C22H25N3O3. The number of allylic oxidation sites excluding steroid dienone is 3. The van der Waals surface area contributed by atoms with Gasteiger partial charge in [0.1, 0.15) is 5.75 Å². The molecule has 3 rings (SSSR count). The summed E-state index contributed by atoms with van der Waals surface area (Å²) >= 11 is 0. The molecule has 0 bridgehead atoms. The molecule has 1 aliphatic carbocycles. The summed E-state index contributed by atoms with van der Waals surface area (Å²) < 4.78 is 6.88. The zero-order valence-electron chi connectivity index (χ0n) is 16.0. The second-order valence-corrected chi connectivity index (χ2v) is 6.75. The van der Waals surface area contributed by atoms with Crippen LogP contribution < -0.4 is 21.3 Å². The summed E-state index contributed by atoms with van der Waals surface area (Å²) in [7, 11) is 1.61. The summed E-state index contributed by atoms with van der Waals surface area (Å²) in [5.41, 5.74) is 8.78. The van der Waals surface area contributed by atoms with E-state index in [1.807, 2.05) is 42.5 Å². The van der Waals surface area contributed by atoms with Crippen molar-refractivity contribution in [3.63, 3.8) is 0 Å².